The van der Waals surface area contributed by atoms with Crippen LogP contribution in [0.3, 0.4) is 0 Å². The fraction of sp³-hybridized carbons (Fsp3) is 0.333. The number of hydrogen-bond acceptors (Lipinski definition) is 11. The number of rotatable bonds is 17. The molecule has 5 N–H and O–H groups in total. The van der Waals surface area contributed by atoms with E-state index in [-0.39, 0.29) is 34.8 Å². The molecule has 0 aliphatic heterocycles. The summed E-state index contributed by atoms with van der Waals surface area (Å²) in [7, 11) is 0. The predicted octanol–water partition coefficient (Wildman–Crippen LogP) is 8.96. The van der Waals surface area contributed by atoms with Gasteiger partial charge in [0.1, 0.15) is 5.69 Å². The van der Waals surface area contributed by atoms with Gasteiger partial charge in [-0.1, -0.05) is 117 Å². The number of amides is 4. The largest absolute Gasteiger partial charge is 0.478 e. The van der Waals surface area contributed by atoms with E-state index in [0.29, 0.717) is 67.3 Å². The van der Waals surface area contributed by atoms with Crippen molar-refractivity contribution in [1.82, 2.24) is 50.6 Å². The third-order valence-electron chi connectivity index (χ3n) is 13.9. The monoisotopic (exact) mass is 1010 g/mol. The Morgan fingerprint density at radius 1 is 0.587 bits per heavy atom. The van der Waals surface area contributed by atoms with E-state index in [0.717, 1.165) is 64.8 Å². The highest BCUT2D eigenvalue weighted by Gasteiger charge is 2.23. The molecule has 0 atom stereocenters. The van der Waals surface area contributed by atoms with Gasteiger partial charge in [-0.2, -0.15) is 0 Å². The van der Waals surface area contributed by atoms with Crippen LogP contribution in [-0.2, 0) is 13.1 Å². The summed E-state index contributed by atoms with van der Waals surface area (Å²) in [4.78, 5) is 72.2. The zero-order chi connectivity index (χ0) is 51.9. The van der Waals surface area contributed by atoms with Gasteiger partial charge < -0.3 is 31.0 Å². The summed E-state index contributed by atoms with van der Waals surface area (Å²) >= 11 is 0. The smallest absolute Gasteiger partial charge is 0.272 e. The molecule has 2 aliphatic carbocycles. The van der Waals surface area contributed by atoms with Gasteiger partial charge in [0.2, 0.25) is 11.4 Å². The molecular formula is C57H62N12O6. The molecule has 386 valence electrons. The summed E-state index contributed by atoms with van der Waals surface area (Å²) < 4.78 is 9.15. The quantitative estimate of drug-likeness (QED) is 0.0578. The van der Waals surface area contributed by atoms with E-state index in [9.17, 15) is 24.0 Å². The second-order valence-corrected chi connectivity index (χ2v) is 19.2. The van der Waals surface area contributed by atoms with Crippen LogP contribution in [0.15, 0.2) is 127 Å². The molecule has 10 rings (SSSR count). The zero-order valence-corrected chi connectivity index (χ0v) is 42.1. The van der Waals surface area contributed by atoms with Crippen LogP contribution < -0.4 is 31.6 Å². The summed E-state index contributed by atoms with van der Waals surface area (Å²) in [6.45, 7) is 4.72. The molecule has 2 fully saturated rings. The zero-order valence-electron chi connectivity index (χ0n) is 42.1. The van der Waals surface area contributed by atoms with Crippen molar-refractivity contribution in [2.45, 2.75) is 90.6 Å². The minimum absolute atomic E-state index is 0.0544. The maximum atomic E-state index is 13.6. The van der Waals surface area contributed by atoms with Crippen molar-refractivity contribution in [3.8, 4) is 5.88 Å². The minimum Gasteiger partial charge on any atom is -0.478 e. The van der Waals surface area contributed by atoms with Crippen LogP contribution in [0, 0.1) is 11.8 Å². The molecule has 4 amide bonds. The van der Waals surface area contributed by atoms with Crippen molar-refractivity contribution in [1.29, 1.82) is 0 Å². The number of H-pyrrole nitrogens is 1. The van der Waals surface area contributed by atoms with Crippen molar-refractivity contribution >= 4 is 56.5 Å². The van der Waals surface area contributed by atoms with Crippen LogP contribution in [0.25, 0.3) is 21.5 Å². The van der Waals surface area contributed by atoms with E-state index in [2.05, 4.69) is 51.9 Å². The van der Waals surface area contributed by atoms with Crippen molar-refractivity contribution in [2.24, 2.45) is 11.8 Å². The van der Waals surface area contributed by atoms with Crippen LogP contribution in [0.2, 0.25) is 0 Å². The van der Waals surface area contributed by atoms with Crippen molar-refractivity contribution in [2.75, 3.05) is 30.3 Å². The molecule has 4 aromatic heterocycles. The first kappa shape index (κ1) is 51.4. The molecule has 4 aromatic carbocycles. The summed E-state index contributed by atoms with van der Waals surface area (Å²) in [6, 6.07) is 28.9. The maximum absolute atomic E-state index is 13.6. The molecule has 0 spiro atoms. The van der Waals surface area contributed by atoms with Gasteiger partial charge in [-0.05, 0) is 101 Å². The maximum Gasteiger partial charge on any atom is 0.272 e. The van der Waals surface area contributed by atoms with Gasteiger partial charge in [-0.3, -0.25) is 24.0 Å². The highest BCUT2D eigenvalue weighted by molar-refractivity contribution is 6.16. The molecule has 75 heavy (non-hydrogen) atoms. The van der Waals surface area contributed by atoms with Crippen LogP contribution in [0.4, 0.5) is 11.4 Å². The molecule has 2 aliphatic rings. The Morgan fingerprint density at radius 2 is 1.09 bits per heavy atom. The van der Waals surface area contributed by atoms with E-state index in [1.165, 1.54) is 50.7 Å². The molecule has 0 saturated heterocycles. The summed E-state index contributed by atoms with van der Waals surface area (Å²) in [5, 5.41) is 31.0. The first-order valence-electron chi connectivity index (χ1n) is 26.0. The van der Waals surface area contributed by atoms with Crippen LogP contribution in [-0.4, -0.2) is 83.3 Å². The molecule has 18 heteroatoms. The number of anilines is 2. The fourth-order valence-electron chi connectivity index (χ4n) is 9.95. The summed E-state index contributed by atoms with van der Waals surface area (Å²) in [5.74, 6) is -0.120. The number of nitrogens with one attached hydrogen (secondary N) is 5. The number of fused-ring (bicyclic) bond motifs is 2. The number of ether oxygens (including phenoxy) is 1. The lowest BCUT2D eigenvalue weighted by Gasteiger charge is -2.22. The highest BCUT2D eigenvalue weighted by atomic mass is 16.5. The lowest BCUT2D eigenvalue weighted by Crippen LogP contribution is -2.32. The van der Waals surface area contributed by atoms with Gasteiger partial charge in [0.15, 0.2) is 5.69 Å². The first-order chi connectivity index (χ1) is 36.7. The predicted molar refractivity (Wildman–Crippen MR) is 287 cm³/mol. The van der Waals surface area contributed by atoms with E-state index in [1.807, 2.05) is 67.6 Å². The molecule has 4 heterocycles. The standard InChI is InChI=1S/C30H34N6O3.C27H28N6O3/c1-2-18-39-27-15-14-26(28(34-27)30(38)31-19-21-8-4-3-5-9-21)33-29(37)25-13-12-22(20-36-17-16-32-35-36)23-10-6-7-11-24(23)25;34-24-13-12-23(25(31-24)27(36)28-16-18-6-2-1-3-7-18)30-26(35)22-11-10-19(17-33-15-14-29-32-33)20-8-4-5-9-21(20)22/h6-7,10-17,21H,2-5,8-9,18-20H2,1H3,(H,31,38)(H,33,37);4-5,8-15,18H,1-3,6-7,16-17H2,(H,28,36)(H,30,35)(H,31,34). The highest BCUT2D eigenvalue weighted by Crippen LogP contribution is 2.29. The average molecular weight is 1010 g/mol. The normalized spacial score (nSPS) is 13.9. The summed E-state index contributed by atoms with van der Waals surface area (Å²) in [5.41, 5.74) is 3.41. The van der Waals surface area contributed by atoms with Gasteiger partial charge in [0.25, 0.3) is 23.6 Å². The lowest BCUT2D eigenvalue weighted by atomic mass is 9.89. The third-order valence-corrected chi connectivity index (χ3v) is 13.9. The fourth-order valence-corrected chi connectivity index (χ4v) is 9.95. The molecule has 0 unspecified atom stereocenters. The Bertz CT molecular complexity index is 3310. The van der Waals surface area contributed by atoms with Gasteiger partial charge >= 0.3 is 0 Å². The Hall–Kier alpha value is -8.54. The van der Waals surface area contributed by atoms with Gasteiger partial charge in [0.05, 0.1) is 43.5 Å². The minimum atomic E-state index is -0.404. The number of carbonyl (C=O) groups is 4. The van der Waals surface area contributed by atoms with Gasteiger partial charge in [-0.15, -0.1) is 10.2 Å². The van der Waals surface area contributed by atoms with Crippen molar-refractivity contribution in [3.05, 3.63) is 166 Å². The Kier molecular flexibility index (Phi) is 17.1. The molecule has 0 radical (unpaired) electrons. The Labute approximate surface area is 434 Å². The van der Waals surface area contributed by atoms with Gasteiger partial charge in [-0.25, -0.2) is 14.3 Å². The molecule has 18 nitrogen and oxygen atoms in total. The van der Waals surface area contributed by atoms with E-state index < -0.39 is 11.5 Å². The topological polar surface area (TPSA) is 233 Å². The number of hydrogen-bond donors (Lipinski definition) is 5. The van der Waals surface area contributed by atoms with E-state index in [1.54, 1.807) is 58.4 Å². The Morgan fingerprint density at radius 3 is 1.61 bits per heavy atom. The summed E-state index contributed by atoms with van der Waals surface area (Å²) in [6.07, 6.45) is 19.3. The van der Waals surface area contributed by atoms with Crippen molar-refractivity contribution in [3.63, 3.8) is 0 Å². The van der Waals surface area contributed by atoms with Crippen molar-refractivity contribution < 1.29 is 23.9 Å². The third kappa shape index (κ3) is 13.2. The number of benzene rings is 4. The first-order valence-corrected chi connectivity index (χ1v) is 26.0. The van der Waals surface area contributed by atoms with Crippen LogP contribution >= 0.6 is 0 Å². The molecule has 2 saturated carbocycles. The average Bonchev–Trinajstić information content (AvgIpc) is 4.18. The van der Waals surface area contributed by atoms with Crippen LogP contribution in [0.1, 0.15) is 130 Å². The molecular weight excluding hydrogens is 949 g/mol. The van der Waals surface area contributed by atoms with Crippen LogP contribution in [0.5, 0.6) is 5.88 Å². The van der Waals surface area contributed by atoms with Gasteiger partial charge in [0, 0.05) is 48.7 Å². The number of pyridine rings is 2. The number of aromatic nitrogens is 8. The SMILES string of the molecule is CCCOc1ccc(NC(=O)c2ccc(Cn3ccnn3)c3ccccc23)c(C(=O)NCC2CCCCC2)n1.O=C(NCC1CCCCC1)c1[nH]c(=O)ccc1NC(=O)c1ccc(Cn2ccnn2)c2ccccc12. The number of aromatic amines is 1. The lowest BCUT2D eigenvalue weighted by molar-refractivity contribution is 0.0930. The molecule has 8 aromatic rings. The molecule has 0 bridgehead atoms. The number of nitrogens with zero attached hydrogens (tertiary/aromatic N) is 7. The second kappa shape index (κ2) is 24.9. The number of carbonyl (C=O) groups excluding carboxylic acids is 4. The van der Waals surface area contributed by atoms with E-state index in [4.69, 9.17) is 4.74 Å². The van der Waals surface area contributed by atoms with E-state index >= 15 is 0 Å². The Balaban J connectivity index is 0.000000184. The second-order valence-electron chi connectivity index (χ2n) is 19.2.